The standard InChI is InChI=1S/C8H14O3S/c1-3-4-5-12-7(6-9)8(10)11-2/h6-7H,3-5H2,1-2H3. The number of hydrogen-bond acceptors (Lipinski definition) is 4. The van der Waals surface area contributed by atoms with Crippen molar-refractivity contribution in [2.45, 2.75) is 25.0 Å². The number of thioether (sulfide) groups is 1. The summed E-state index contributed by atoms with van der Waals surface area (Å²) in [4.78, 5) is 21.2. The topological polar surface area (TPSA) is 43.4 Å². The Hall–Kier alpha value is -0.510. The van der Waals surface area contributed by atoms with Crippen molar-refractivity contribution in [3.05, 3.63) is 0 Å². The van der Waals surface area contributed by atoms with Gasteiger partial charge in [0.1, 0.15) is 6.29 Å². The van der Waals surface area contributed by atoms with Gasteiger partial charge >= 0.3 is 5.97 Å². The fraction of sp³-hybridized carbons (Fsp3) is 0.750. The Morgan fingerprint density at radius 1 is 1.67 bits per heavy atom. The van der Waals surface area contributed by atoms with Crippen molar-refractivity contribution in [1.82, 2.24) is 0 Å². The van der Waals surface area contributed by atoms with E-state index >= 15 is 0 Å². The van der Waals surface area contributed by atoms with Crippen LogP contribution >= 0.6 is 11.8 Å². The zero-order chi connectivity index (χ0) is 9.40. The fourth-order valence-corrected chi connectivity index (χ4v) is 1.65. The van der Waals surface area contributed by atoms with E-state index in [1.807, 2.05) is 0 Å². The summed E-state index contributed by atoms with van der Waals surface area (Å²) in [6, 6.07) is 0. The second kappa shape index (κ2) is 7.16. The van der Waals surface area contributed by atoms with Crippen LogP contribution in [0, 0.1) is 0 Å². The zero-order valence-electron chi connectivity index (χ0n) is 7.41. The SMILES string of the molecule is CCCCSC(C=O)C(=O)OC. The van der Waals surface area contributed by atoms with Crippen LogP contribution in [0.15, 0.2) is 0 Å². The molecule has 0 rings (SSSR count). The van der Waals surface area contributed by atoms with E-state index in [1.165, 1.54) is 18.9 Å². The lowest BCUT2D eigenvalue weighted by molar-refractivity contribution is -0.140. The Kier molecular flexibility index (Phi) is 6.85. The van der Waals surface area contributed by atoms with E-state index in [9.17, 15) is 9.59 Å². The molecule has 1 unspecified atom stereocenters. The number of hydrogen-bond donors (Lipinski definition) is 0. The summed E-state index contributed by atoms with van der Waals surface area (Å²) in [5, 5.41) is -0.637. The third-order valence-electron chi connectivity index (χ3n) is 1.35. The van der Waals surface area contributed by atoms with Gasteiger partial charge in [0, 0.05) is 0 Å². The van der Waals surface area contributed by atoms with Crippen molar-refractivity contribution < 1.29 is 14.3 Å². The highest BCUT2D eigenvalue weighted by Gasteiger charge is 2.17. The molecule has 4 heteroatoms. The molecule has 0 fully saturated rings. The van der Waals surface area contributed by atoms with Gasteiger partial charge in [-0.05, 0) is 12.2 Å². The van der Waals surface area contributed by atoms with Crippen LogP contribution < -0.4 is 0 Å². The van der Waals surface area contributed by atoms with Crippen molar-refractivity contribution >= 4 is 24.0 Å². The molecule has 70 valence electrons. The third kappa shape index (κ3) is 4.38. The number of unbranched alkanes of at least 4 members (excludes halogenated alkanes) is 1. The highest BCUT2D eigenvalue weighted by molar-refractivity contribution is 8.01. The predicted octanol–water partition coefficient (Wildman–Crippen LogP) is 1.26. The molecule has 0 aromatic carbocycles. The van der Waals surface area contributed by atoms with Crippen molar-refractivity contribution in [1.29, 1.82) is 0 Å². The van der Waals surface area contributed by atoms with Crippen molar-refractivity contribution in [3.63, 3.8) is 0 Å². The molecule has 0 aromatic rings. The van der Waals surface area contributed by atoms with Crippen molar-refractivity contribution in [3.8, 4) is 0 Å². The highest BCUT2D eigenvalue weighted by Crippen LogP contribution is 2.12. The van der Waals surface area contributed by atoms with E-state index in [2.05, 4.69) is 11.7 Å². The van der Waals surface area contributed by atoms with Crippen LogP contribution in [0.2, 0.25) is 0 Å². The third-order valence-corrected chi connectivity index (χ3v) is 2.54. The van der Waals surface area contributed by atoms with Crippen LogP contribution in [0.25, 0.3) is 0 Å². The van der Waals surface area contributed by atoms with Gasteiger partial charge in [-0.15, -0.1) is 11.8 Å². The van der Waals surface area contributed by atoms with Crippen molar-refractivity contribution in [2.75, 3.05) is 12.9 Å². The summed E-state index contributed by atoms with van der Waals surface area (Å²) in [5.74, 6) is 0.376. The van der Waals surface area contributed by atoms with Crippen molar-refractivity contribution in [2.24, 2.45) is 0 Å². The molecular formula is C8H14O3S. The summed E-state index contributed by atoms with van der Waals surface area (Å²) < 4.78 is 4.44. The maximum atomic E-state index is 10.9. The average molecular weight is 190 g/mol. The Bertz CT molecular complexity index is 147. The fourth-order valence-electron chi connectivity index (χ4n) is 0.634. The lowest BCUT2D eigenvalue weighted by Crippen LogP contribution is -2.20. The van der Waals surface area contributed by atoms with E-state index in [-0.39, 0.29) is 0 Å². The molecule has 0 saturated heterocycles. The van der Waals surface area contributed by atoms with Gasteiger partial charge in [-0.25, -0.2) is 0 Å². The van der Waals surface area contributed by atoms with E-state index < -0.39 is 11.2 Å². The minimum Gasteiger partial charge on any atom is -0.468 e. The van der Waals surface area contributed by atoms with Gasteiger partial charge in [0.2, 0.25) is 0 Å². The van der Waals surface area contributed by atoms with Crippen LogP contribution in [-0.2, 0) is 14.3 Å². The van der Waals surface area contributed by atoms with Gasteiger partial charge in [-0.1, -0.05) is 13.3 Å². The molecule has 0 aliphatic rings. The average Bonchev–Trinajstić information content (AvgIpc) is 2.11. The monoisotopic (exact) mass is 190 g/mol. The Labute approximate surface area is 76.9 Å². The van der Waals surface area contributed by atoms with Crippen LogP contribution in [0.4, 0.5) is 0 Å². The molecule has 0 heterocycles. The number of esters is 1. The number of methoxy groups -OCH3 is 1. The number of ether oxygens (including phenoxy) is 1. The maximum absolute atomic E-state index is 10.9. The Balaban J connectivity index is 3.67. The highest BCUT2D eigenvalue weighted by atomic mass is 32.2. The van der Waals surface area contributed by atoms with Gasteiger partial charge in [-0.2, -0.15) is 0 Å². The Morgan fingerprint density at radius 2 is 2.33 bits per heavy atom. The molecule has 0 bridgehead atoms. The molecule has 0 N–H and O–H groups in total. The summed E-state index contributed by atoms with van der Waals surface area (Å²) in [6.07, 6.45) is 2.72. The summed E-state index contributed by atoms with van der Waals surface area (Å²) in [5.41, 5.74) is 0. The maximum Gasteiger partial charge on any atom is 0.326 e. The smallest absolute Gasteiger partial charge is 0.326 e. The summed E-state index contributed by atoms with van der Waals surface area (Å²) in [6.45, 7) is 2.06. The lowest BCUT2D eigenvalue weighted by atomic mass is 10.4. The van der Waals surface area contributed by atoms with Gasteiger partial charge in [-0.3, -0.25) is 4.79 Å². The van der Waals surface area contributed by atoms with Gasteiger partial charge in [0.15, 0.2) is 5.25 Å². The van der Waals surface area contributed by atoms with Gasteiger partial charge in [0.25, 0.3) is 0 Å². The molecular weight excluding hydrogens is 176 g/mol. The van der Waals surface area contributed by atoms with Crippen LogP contribution in [-0.4, -0.2) is 30.4 Å². The predicted molar refractivity (Wildman–Crippen MR) is 49.2 cm³/mol. The molecule has 3 nitrogen and oxygen atoms in total. The van der Waals surface area contributed by atoms with Crippen LogP contribution in [0.5, 0.6) is 0 Å². The molecule has 0 saturated carbocycles. The van der Waals surface area contributed by atoms with E-state index in [4.69, 9.17) is 0 Å². The first-order chi connectivity index (χ1) is 5.76. The second-order valence-corrected chi connectivity index (χ2v) is 3.55. The summed E-state index contributed by atoms with van der Waals surface area (Å²) in [7, 11) is 1.29. The molecule has 0 amide bonds. The lowest BCUT2D eigenvalue weighted by Gasteiger charge is -2.06. The molecule has 0 radical (unpaired) electrons. The molecule has 0 aromatic heterocycles. The molecule has 1 atom stereocenters. The van der Waals surface area contributed by atoms with Crippen LogP contribution in [0.3, 0.4) is 0 Å². The Morgan fingerprint density at radius 3 is 2.75 bits per heavy atom. The molecule has 0 spiro atoms. The first kappa shape index (κ1) is 11.5. The molecule has 0 aliphatic carbocycles. The van der Waals surface area contributed by atoms with Crippen LogP contribution in [0.1, 0.15) is 19.8 Å². The number of aldehydes is 1. The van der Waals surface area contributed by atoms with E-state index in [0.29, 0.717) is 6.29 Å². The molecule has 0 aliphatic heterocycles. The largest absolute Gasteiger partial charge is 0.468 e. The first-order valence-corrected chi connectivity index (χ1v) is 4.95. The number of carbonyl (C=O) groups is 2. The van der Waals surface area contributed by atoms with Gasteiger partial charge in [0.05, 0.1) is 7.11 Å². The van der Waals surface area contributed by atoms with Gasteiger partial charge < -0.3 is 9.53 Å². The minimum atomic E-state index is -0.637. The quantitative estimate of drug-likeness (QED) is 0.274. The zero-order valence-corrected chi connectivity index (χ0v) is 8.23. The number of rotatable bonds is 6. The minimum absolute atomic E-state index is 0.453. The normalized spacial score (nSPS) is 12.2. The van der Waals surface area contributed by atoms with E-state index in [1.54, 1.807) is 0 Å². The number of carbonyl (C=O) groups excluding carboxylic acids is 2. The molecule has 12 heavy (non-hydrogen) atoms. The van der Waals surface area contributed by atoms with E-state index in [0.717, 1.165) is 18.6 Å². The second-order valence-electron chi connectivity index (χ2n) is 2.30. The summed E-state index contributed by atoms with van der Waals surface area (Å²) >= 11 is 1.34. The first-order valence-electron chi connectivity index (χ1n) is 3.91.